The number of fused-ring (bicyclic) bond motifs is 1. The monoisotopic (exact) mass is 292 g/mol. The Morgan fingerprint density at radius 2 is 1.86 bits per heavy atom. The van der Waals surface area contributed by atoms with Crippen LogP contribution in [0.1, 0.15) is 34.6 Å². The molecule has 0 aliphatic heterocycles. The second-order valence-electron chi connectivity index (χ2n) is 5.27. The fraction of sp³-hybridized carbons (Fsp3) is 0.176. The van der Waals surface area contributed by atoms with Gasteiger partial charge in [0.05, 0.1) is 11.6 Å². The molecule has 0 unspecified atom stereocenters. The van der Waals surface area contributed by atoms with Gasteiger partial charge in [0.2, 0.25) is 0 Å². The molecule has 5 nitrogen and oxygen atoms in total. The molecule has 2 heterocycles. The summed E-state index contributed by atoms with van der Waals surface area (Å²) in [6.45, 7) is 3.93. The Morgan fingerprint density at radius 1 is 1.09 bits per heavy atom. The van der Waals surface area contributed by atoms with Gasteiger partial charge in [-0.15, -0.1) is 10.2 Å². The first-order chi connectivity index (χ1) is 10.6. The van der Waals surface area contributed by atoms with Gasteiger partial charge in [-0.05, 0) is 49.7 Å². The van der Waals surface area contributed by atoms with Crippen molar-refractivity contribution in [2.45, 2.75) is 19.9 Å². The zero-order valence-corrected chi connectivity index (χ0v) is 12.4. The van der Waals surface area contributed by atoms with Crippen LogP contribution in [0.2, 0.25) is 0 Å². The van der Waals surface area contributed by atoms with Crippen molar-refractivity contribution in [3.8, 4) is 0 Å². The molecule has 1 amide bonds. The van der Waals surface area contributed by atoms with E-state index in [0.29, 0.717) is 5.69 Å². The SMILES string of the molecule is Cc1ccc2nnc(C(=O)N[C@H](C)c3ccncc3)cc2c1. The van der Waals surface area contributed by atoms with Crippen LogP contribution in [0.25, 0.3) is 10.9 Å². The highest BCUT2D eigenvalue weighted by molar-refractivity contribution is 5.95. The van der Waals surface area contributed by atoms with Gasteiger partial charge in [0, 0.05) is 17.8 Å². The Hall–Kier alpha value is -2.82. The van der Waals surface area contributed by atoms with Crippen LogP contribution in [-0.2, 0) is 0 Å². The molecule has 3 rings (SSSR count). The first-order valence-electron chi connectivity index (χ1n) is 7.08. The van der Waals surface area contributed by atoms with Gasteiger partial charge < -0.3 is 5.32 Å². The third-order valence-electron chi connectivity index (χ3n) is 3.53. The smallest absolute Gasteiger partial charge is 0.272 e. The highest BCUT2D eigenvalue weighted by Gasteiger charge is 2.13. The maximum atomic E-state index is 12.3. The molecule has 0 aliphatic rings. The maximum Gasteiger partial charge on any atom is 0.272 e. The highest BCUT2D eigenvalue weighted by Crippen LogP contribution is 2.15. The number of rotatable bonds is 3. The number of hydrogen-bond donors (Lipinski definition) is 1. The van der Waals surface area contributed by atoms with Gasteiger partial charge in [-0.1, -0.05) is 11.6 Å². The molecule has 1 N–H and O–H groups in total. The minimum atomic E-state index is -0.236. The van der Waals surface area contributed by atoms with Crippen molar-refractivity contribution in [2.75, 3.05) is 0 Å². The Morgan fingerprint density at radius 3 is 2.64 bits per heavy atom. The lowest BCUT2D eigenvalue weighted by molar-refractivity contribution is 0.0934. The first kappa shape index (κ1) is 14.1. The minimum Gasteiger partial charge on any atom is -0.344 e. The van der Waals surface area contributed by atoms with E-state index in [1.807, 2.05) is 44.2 Å². The van der Waals surface area contributed by atoms with E-state index in [4.69, 9.17) is 0 Å². The van der Waals surface area contributed by atoms with Crippen molar-refractivity contribution in [3.63, 3.8) is 0 Å². The third-order valence-corrected chi connectivity index (χ3v) is 3.53. The minimum absolute atomic E-state index is 0.120. The molecule has 1 atom stereocenters. The number of amides is 1. The summed E-state index contributed by atoms with van der Waals surface area (Å²) in [5.74, 6) is -0.236. The van der Waals surface area contributed by atoms with E-state index in [2.05, 4.69) is 20.5 Å². The Bertz CT molecular complexity index is 817. The van der Waals surface area contributed by atoms with Gasteiger partial charge in [-0.25, -0.2) is 0 Å². The predicted molar refractivity (Wildman–Crippen MR) is 84.4 cm³/mol. The fourth-order valence-corrected chi connectivity index (χ4v) is 2.28. The van der Waals surface area contributed by atoms with Gasteiger partial charge in [0.25, 0.3) is 5.91 Å². The van der Waals surface area contributed by atoms with E-state index in [9.17, 15) is 4.79 Å². The summed E-state index contributed by atoms with van der Waals surface area (Å²) in [6, 6.07) is 11.3. The summed E-state index contributed by atoms with van der Waals surface area (Å²) in [5.41, 5.74) is 3.22. The second-order valence-corrected chi connectivity index (χ2v) is 5.27. The molecule has 5 heteroatoms. The van der Waals surface area contributed by atoms with Gasteiger partial charge in [0.15, 0.2) is 5.69 Å². The fourth-order valence-electron chi connectivity index (χ4n) is 2.28. The van der Waals surface area contributed by atoms with Crippen molar-refractivity contribution in [1.82, 2.24) is 20.5 Å². The van der Waals surface area contributed by atoms with Crippen molar-refractivity contribution in [2.24, 2.45) is 0 Å². The molecule has 0 aliphatic carbocycles. The number of carbonyl (C=O) groups excluding carboxylic acids is 1. The van der Waals surface area contributed by atoms with Gasteiger partial charge in [-0.2, -0.15) is 0 Å². The van der Waals surface area contributed by atoms with E-state index < -0.39 is 0 Å². The summed E-state index contributed by atoms with van der Waals surface area (Å²) < 4.78 is 0. The molecule has 3 aromatic rings. The average molecular weight is 292 g/mol. The number of pyridine rings is 1. The van der Waals surface area contributed by atoms with Crippen molar-refractivity contribution >= 4 is 16.8 Å². The van der Waals surface area contributed by atoms with Crippen LogP contribution in [0, 0.1) is 6.92 Å². The first-order valence-corrected chi connectivity index (χ1v) is 7.08. The Balaban J connectivity index is 1.83. The molecule has 0 saturated heterocycles. The molecule has 0 spiro atoms. The lowest BCUT2D eigenvalue weighted by Gasteiger charge is -2.13. The normalized spacial score (nSPS) is 12.1. The zero-order chi connectivity index (χ0) is 15.5. The van der Waals surface area contributed by atoms with Crippen molar-refractivity contribution in [1.29, 1.82) is 0 Å². The lowest BCUT2D eigenvalue weighted by Crippen LogP contribution is -2.27. The molecule has 0 fully saturated rings. The molecule has 110 valence electrons. The van der Waals surface area contributed by atoms with E-state index in [1.165, 1.54) is 0 Å². The Labute approximate surface area is 128 Å². The zero-order valence-electron chi connectivity index (χ0n) is 12.4. The van der Waals surface area contributed by atoms with E-state index in [-0.39, 0.29) is 11.9 Å². The summed E-state index contributed by atoms with van der Waals surface area (Å²) in [7, 11) is 0. The molecule has 1 aromatic carbocycles. The lowest BCUT2D eigenvalue weighted by atomic mass is 10.1. The summed E-state index contributed by atoms with van der Waals surface area (Å²) in [6.07, 6.45) is 3.41. The number of nitrogens with one attached hydrogen (secondary N) is 1. The topological polar surface area (TPSA) is 67.8 Å². The molecule has 0 saturated carbocycles. The van der Waals surface area contributed by atoms with Crippen LogP contribution >= 0.6 is 0 Å². The van der Waals surface area contributed by atoms with Crippen LogP contribution in [0.3, 0.4) is 0 Å². The molecular weight excluding hydrogens is 276 g/mol. The average Bonchev–Trinajstić information content (AvgIpc) is 2.54. The highest BCUT2D eigenvalue weighted by atomic mass is 16.2. The molecule has 0 radical (unpaired) electrons. The molecular formula is C17H16N4O. The van der Waals surface area contributed by atoms with Gasteiger partial charge >= 0.3 is 0 Å². The number of aromatic nitrogens is 3. The summed E-state index contributed by atoms with van der Waals surface area (Å²) >= 11 is 0. The predicted octanol–water partition coefficient (Wildman–Crippen LogP) is 2.82. The third kappa shape index (κ3) is 2.93. The van der Waals surface area contributed by atoms with Crippen molar-refractivity contribution < 1.29 is 4.79 Å². The molecule has 0 bridgehead atoms. The van der Waals surface area contributed by atoms with Crippen LogP contribution in [0.15, 0.2) is 48.8 Å². The number of aryl methyl sites for hydroxylation is 1. The standard InChI is InChI=1S/C17H16N4O/c1-11-3-4-15-14(9-11)10-16(21-20-15)17(22)19-12(2)13-5-7-18-8-6-13/h3-10,12H,1-2H3,(H,19,22)/t12-/m1/s1. The summed E-state index contributed by atoms with van der Waals surface area (Å²) in [5, 5.41) is 11.9. The quantitative estimate of drug-likeness (QED) is 0.806. The van der Waals surface area contributed by atoms with E-state index >= 15 is 0 Å². The number of carbonyl (C=O) groups is 1. The number of hydrogen-bond acceptors (Lipinski definition) is 4. The van der Waals surface area contributed by atoms with Crippen LogP contribution in [0.5, 0.6) is 0 Å². The van der Waals surface area contributed by atoms with Gasteiger partial charge in [0.1, 0.15) is 0 Å². The van der Waals surface area contributed by atoms with Crippen molar-refractivity contribution in [3.05, 3.63) is 65.6 Å². The second kappa shape index (κ2) is 5.89. The number of nitrogens with zero attached hydrogens (tertiary/aromatic N) is 3. The van der Waals surface area contributed by atoms with E-state index in [1.54, 1.807) is 18.5 Å². The number of benzene rings is 1. The van der Waals surface area contributed by atoms with E-state index in [0.717, 1.165) is 22.0 Å². The Kier molecular flexibility index (Phi) is 3.78. The largest absolute Gasteiger partial charge is 0.344 e. The van der Waals surface area contributed by atoms with Crippen LogP contribution in [0.4, 0.5) is 0 Å². The van der Waals surface area contributed by atoms with Crippen LogP contribution in [-0.4, -0.2) is 21.1 Å². The summed E-state index contributed by atoms with van der Waals surface area (Å²) in [4.78, 5) is 16.3. The molecule has 22 heavy (non-hydrogen) atoms. The maximum absolute atomic E-state index is 12.3. The van der Waals surface area contributed by atoms with Gasteiger partial charge in [-0.3, -0.25) is 9.78 Å². The van der Waals surface area contributed by atoms with Crippen LogP contribution < -0.4 is 5.32 Å². The molecule has 2 aromatic heterocycles.